The Balaban J connectivity index is 1.73. The molecule has 7 heteroatoms. The Morgan fingerprint density at radius 1 is 1.04 bits per heavy atom. The summed E-state index contributed by atoms with van der Waals surface area (Å²) < 4.78 is 33.4. The van der Waals surface area contributed by atoms with Crippen LogP contribution in [0.4, 0.5) is 19.3 Å². The van der Waals surface area contributed by atoms with Gasteiger partial charge in [0.1, 0.15) is 11.5 Å². The fraction of sp³-hybridized carbons (Fsp3) is 0.235. The van der Waals surface area contributed by atoms with Crippen molar-refractivity contribution in [3.05, 3.63) is 54.1 Å². The number of ether oxygens (including phenoxy) is 2. The largest absolute Gasteiger partial charge is 0.497 e. The predicted octanol–water partition coefficient (Wildman–Crippen LogP) is 3.66. The number of hydrogen-bond donors (Lipinski definition) is 2. The minimum Gasteiger partial charge on any atom is -0.497 e. The Kier molecular flexibility index (Phi) is 6.36. The Morgan fingerprint density at radius 3 is 2.25 bits per heavy atom. The molecule has 0 aliphatic carbocycles. The molecule has 128 valence electrons. The van der Waals surface area contributed by atoms with E-state index in [1.807, 2.05) is 0 Å². The second-order valence-electron chi connectivity index (χ2n) is 4.88. The molecule has 0 atom stereocenters. The summed E-state index contributed by atoms with van der Waals surface area (Å²) >= 11 is 0. The highest BCUT2D eigenvalue weighted by atomic mass is 19.3. The first-order valence-corrected chi connectivity index (χ1v) is 7.29. The van der Waals surface area contributed by atoms with E-state index in [0.717, 1.165) is 5.56 Å². The van der Waals surface area contributed by atoms with Gasteiger partial charge in [0.05, 0.1) is 7.11 Å². The molecule has 2 rings (SSSR count). The molecule has 0 aliphatic rings. The summed E-state index contributed by atoms with van der Waals surface area (Å²) in [5.74, 6) is 0.819. The monoisotopic (exact) mass is 336 g/mol. The average molecular weight is 336 g/mol. The van der Waals surface area contributed by atoms with Gasteiger partial charge in [-0.05, 0) is 48.4 Å². The third-order valence-electron chi connectivity index (χ3n) is 3.20. The van der Waals surface area contributed by atoms with Gasteiger partial charge in [-0.25, -0.2) is 4.79 Å². The molecule has 2 N–H and O–H groups in total. The van der Waals surface area contributed by atoms with Crippen LogP contribution in [0.15, 0.2) is 48.5 Å². The van der Waals surface area contributed by atoms with Crippen molar-refractivity contribution in [1.82, 2.24) is 5.32 Å². The summed E-state index contributed by atoms with van der Waals surface area (Å²) in [5.41, 5.74) is 1.56. The molecule has 0 aromatic heterocycles. The zero-order valence-electron chi connectivity index (χ0n) is 13.1. The first kappa shape index (κ1) is 17.5. The highest BCUT2D eigenvalue weighted by Gasteiger charge is 2.04. The van der Waals surface area contributed by atoms with E-state index in [2.05, 4.69) is 15.4 Å². The summed E-state index contributed by atoms with van der Waals surface area (Å²) in [6.45, 7) is -2.42. The Hall–Kier alpha value is -2.83. The first-order valence-electron chi connectivity index (χ1n) is 7.29. The highest BCUT2D eigenvalue weighted by molar-refractivity contribution is 5.89. The number of alkyl halides is 2. The van der Waals surface area contributed by atoms with Crippen LogP contribution in [0.5, 0.6) is 11.5 Å². The van der Waals surface area contributed by atoms with Gasteiger partial charge in [0.15, 0.2) is 0 Å². The quantitative estimate of drug-likeness (QED) is 0.811. The van der Waals surface area contributed by atoms with Crippen molar-refractivity contribution in [2.75, 3.05) is 19.0 Å². The molecule has 0 heterocycles. The maximum Gasteiger partial charge on any atom is 0.387 e. The van der Waals surface area contributed by atoms with Gasteiger partial charge in [0.25, 0.3) is 0 Å². The van der Waals surface area contributed by atoms with Gasteiger partial charge in [-0.15, -0.1) is 0 Å². The molecule has 0 saturated carbocycles. The number of carbonyl (C=O) groups is 1. The lowest BCUT2D eigenvalue weighted by Gasteiger charge is -2.09. The Morgan fingerprint density at radius 2 is 1.67 bits per heavy atom. The molecule has 0 unspecified atom stereocenters. The van der Waals surface area contributed by atoms with Crippen LogP contribution in [-0.4, -0.2) is 26.3 Å². The fourth-order valence-corrected chi connectivity index (χ4v) is 2.01. The van der Waals surface area contributed by atoms with E-state index in [9.17, 15) is 13.6 Å². The fourth-order valence-electron chi connectivity index (χ4n) is 2.01. The predicted molar refractivity (Wildman–Crippen MR) is 86.8 cm³/mol. The zero-order chi connectivity index (χ0) is 17.4. The minimum atomic E-state index is -2.83. The second-order valence-corrected chi connectivity index (χ2v) is 4.88. The maximum atomic E-state index is 12.1. The highest BCUT2D eigenvalue weighted by Crippen LogP contribution is 2.16. The molecule has 2 aromatic carbocycles. The van der Waals surface area contributed by atoms with Crippen LogP contribution >= 0.6 is 0 Å². The topological polar surface area (TPSA) is 59.6 Å². The van der Waals surface area contributed by atoms with Gasteiger partial charge in [0, 0.05) is 12.2 Å². The number of halogens is 2. The van der Waals surface area contributed by atoms with Crippen LogP contribution < -0.4 is 20.1 Å². The Labute approximate surface area is 138 Å². The van der Waals surface area contributed by atoms with Crippen molar-refractivity contribution in [2.45, 2.75) is 13.0 Å². The summed E-state index contributed by atoms with van der Waals surface area (Å²) in [6, 6.07) is 13.0. The molecule has 0 saturated heterocycles. The van der Waals surface area contributed by atoms with Gasteiger partial charge in [0.2, 0.25) is 0 Å². The lowest BCUT2D eigenvalue weighted by molar-refractivity contribution is -0.0498. The van der Waals surface area contributed by atoms with E-state index < -0.39 is 6.61 Å². The maximum absolute atomic E-state index is 12.1. The minimum absolute atomic E-state index is 0.110. The van der Waals surface area contributed by atoms with E-state index >= 15 is 0 Å². The smallest absolute Gasteiger partial charge is 0.387 e. The normalized spacial score (nSPS) is 10.3. The third kappa shape index (κ3) is 5.75. The van der Waals surface area contributed by atoms with Crippen molar-refractivity contribution in [3.8, 4) is 11.5 Å². The standard InChI is InChI=1S/C17H18F2N2O3/c1-23-14-8-4-13(5-9-14)21-17(22)20-11-10-12-2-6-15(7-3-12)24-16(18)19/h2-9,16H,10-11H2,1H3,(H2,20,21,22). The summed E-state index contributed by atoms with van der Waals surface area (Å²) in [4.78, 5) is 11.8. The molecule has 2 amide bonds. The first-order chi connectivity index (χ1) is 11.6. The van der Waals surface area contributed by atoms with Crippen molar-refractivity contribution < 1.29 is 23.0 Å². The van der Waals surface area contributed by atoms with E-state index in [1.165, 1.54) is 12.1 Å². The number of anilines is 1. The molecule has 2 aromatic rings. The van der Waals surface area contributed by atoms with E-state index in [-0.39, 0.29) is 11.8 Å². The molecule has 0 fully saturated rings. The second kappa shape index (κ2) is 8.71. The van der Waals surface area contributed by atoms with Crippen molar-refractivity contribution in [2.24, 2.45) is 0 Å². The number of amides is 2. The lowest BCUT2D eigenvalue weighted by atomic mass is 10.1. The molecule has 5 nitrogen and oxygen atoms in total. The van der Waals surface area contributed by atoms with Gasteiger partial charge in [-0.2, -0.15) is 8.78 Å². The van der Waals surface area contributed by atoms with Crippen LogP contribution in [0.3, 0.4) is 0 Å². The van der Waals surface area contributed by atoms with E-state index in [4.69, 9.17) is 4.74 Å². The van der Waals surface area contributed by atoms with Crippen LogP contribution in [0, 0.1) is 0 Å². The zero-order valence-corrected chi connectivity index (χ0v) is 13.1. The van der Waals surface area contributed by atoms with Crippen LogP contribution in [0.1, 0.15) is 5.56 Å². The van der Waals surface area contributed by atoms with Crippen molar-refractivity contribution in [1.29, 1.82) is 0 Å². The van der Waals surface area contributed by atoms with Crippen LogP contribution in [0.2, 0.25) is 0 Å². The SMILES string of the molecule is COc1ccc(NC(=O)NCCc2ccc(OC(F)F)cc2)cc1. The molecular weight excluding hydrogens is 318 g/mol. The number of benzene rings is 2. The summed E-state index contributed by atoms with van der Waals surface area (Å²) in [7, 11) is 1.57. The van der Waals surface area contributed by atoms with Crippen LogP contribution in [-0.2, 0) is 6.42 Å². The molecule has 0 aliphatic heterocycles. The molecule has 24 heavy (non-hydrogen) atoms. The van der Waals surface area contributed by atoms with E-state index in [1.54, 1.807) is 43.5 Å². The third-order valence-corrected chi connectivity index (χ3v) is 3.20. The van der Waals surface area contributed by atoms with Gasteiger partial charge in [-0.1, -0.05) is 12.1 Å². The number of urea groups is 1. The number of hydrogen-bond acceptors (Lipinski definition) is 3. The van der Waals surface area contributed by atoms with Crippen LogP contribution in [0.25, 0.3) is 0 Å². The van der Waals surface area contributed by atoms with Crippen molar-refractivity contribution >= 4 is 11.7 Å². The van der Waals surface area contributed by atoms with Crippen molar-refractivity contribution in [3.63, 3.8) is 0 Å². The number of methoxy groups -OCH3 is 1. The molecule has 0 bridgehead atoms. The average Bonchev–Trinajstić information content (AvgIpc) is 2.57. The Bertz CT molecular complexity index is 646. The summed E-state index contributed by atoms with van der Waals surface area (Å²) in [5, 5.41) is 5.42. The number of carbonyl (C=O) groups excluding carboxylic acids is 1. The molecule has 0 radical (unpaired) electrons. The molecular formula is C17H18F2N2O3. The number of nitrogens with one attached hydrogen (secondary N) is 2. The summed E-state index contributed by atoms with van der Waals surface area (Å²) in [6.07, 6.45) is 0.574. The van der Waals surface area contributed by atoms with Gasteiger partial charge in [-0.3, -0.25) is 0 Å². The molecule has 0 spiro atoms. The van der Waals surface area contributed by atoms with Gasteiger partial charge < -0.3 is 20.1 Å². The lowest BCUT2D eigenvalue weighted by Crippen LogP contribution is -2.30. The number of rotatable bonds is 7. The van der Waals surface area contributed by atoms with E-state index in [0.29, 0.717) is 24.4 Å². The van der Waals surface area contributed by atoms with Gasteiger partial charge >= 0.3 is 12.6 Å².